The molecule has 0 saturated carbocycles. The van der Waals surface area contributed by atoms with Crippen LogP contribution in [0, 0.1) is 5.82 Å². The standard InChI is InChI=1S/C11H10F4O4/c12-8-5-7(10(16)17)1-2-9(8)19-4-3-18-6-11(13,14)15/h1-2,5H,3-4,6H2,(H,16,17). The van der Waals surface area contributed by atoms with E-state index in [-0.39, 0.29) is 24.5 Å². The number of carboxylic acid groups (broad SMARTS) is 1. The molecule has 19 heavy (non-hydrogen) atoms. The van der Waals surface area contributed by atoms with Crippen LogP contribution in [-0.2, 0) is 4.74 Å². The van der Waals surface area contributed by atoms with E-state index in [9.17, 15) is 22.4 Å². The fourth-order valence-electron chi connectivity index (χ4n) is 1.15. The highest BCUT2D eigenvalue weighted by Gasteiger charge is 2.27. The first-order valence-corrected chi connectivity index (χ1v) is 5.10. The van der Waals surface area contributed by atoms with Crippen molar-refractivity contribution in [3.8, 4) is 5.75 Å². The number of rotatable bonds is 6. The average molecular weight is 282 g/mol. The van der Waals surface area contributed by atoms with Gasteiger partial charge in [0.15, 0.2) is 11.6 Å². The van der Waals surface area contributed by atoms with Gasteiger partial charge >= 0.3 is 12.1 Å². The lowest BCUT2D eigenvalue weighted by Gasteiger charge is -2.09. The number of hydrogen-bond acceptors (Lipinski definition) is 3. The van der Waals surface area contributed by atoms with Gasteiger partial charge in [-0.25, -0.2) is 9.18 Å². The smallest absolute Gasteiger partial charge is 0.411 e. The van der Waals surface area contributed by atoms with Crippen LogP contribution in [0.15, 0.2) is 18.2 Å². The molecule has 1 rings (SSSR count). The van der Waals surface area contributed by atoms with E-state index in [2.05, 4.69) is 4.74 Å². The molecule has 4 nitrogen and oxygen atoms in total. The third kappa shape index (κ3) is 5.56. The van der Waals surface area contributed by atoms with Crippen molar-refractivity contribution in [3.63, 3.8) is 0 Å². The quantitative estimate of drug-likeness (QED) is 0.643. The van der Waals surface area contributed by atoms with Gasteiger partial charge in [0.1, 0.15) is 13.2 Å². The molecule has 8 heteroatoms. The number of halogens is 4. The number of carboxylic acids is 1. The first-order valence-electron chi connectivity index (χ1n) is 5.10. The zero-order valence-electron chi connectivity index (χ0n) is 9.54. The van der Waals surface area contributed by atoms with Crippen LogP contribution in [0.1, 0.15) is 10.4 Å². The van der Waals surface area contributed by atoms with Crippen LogP contribution in [0.2, 0.25) is 0 Å². The highest BCUT2D eigenvalue weighted by molar-refractivity contribution is 5.87. The van der Waals surface area contributed by atoms with Crippen LogP contribution in [0.4, 0.5) is 17.6 Å². The largest absolute Gasteiger partial charge is 0.488 e. The van der Waals surface area contributed by atoms with Crippen LogP contribution >= 0.6 is 0 Å². The number of ether oxygens (including phenoxy) is 2. The maximum Gasteiger partial charge on any atom is 0.411 e. The summed E-state index contributed by atoms with van der Waals surface area (Å²) < 4.78 is 57.5. The van der Waals surface area contributed by atoms with Crippen molar-refractivity contribution >= 4 is 5.97 Å². The Hall–Kier alpha value is -1.83. The first-order chi connectivity index (χ1) is 8.79. The summed E-state index contributed by atoms with van der Waals surface area (Å²) in [6, 6.07) is 2.97. The summed E-state index contributed by atoms with van der Waals surface area (Å²) in [6.07, 6.45) is -4.42. The highest BCUT2D eigenvalue weighted by Crippen LogP contribution is 2.18. The molecule has 0 saturated heterocycles. The van der Waals surface area contributed by atoms with Crippen molar-refractivity contribution in [3.05, 3.63) is 29.6 Å². The average Bonchev–Trinajstić information content (AvgIpc) is 2.28. The summed E-state index contributed by atoms with van der Waals surface area (Å²) in [5.41, 5.74) is -0.252. The van der Waals surface area contributed by atoms with Gasteiger partial charge in [0.2, 0.25) is 0 Å². The molecule has 0 amide bonds. The van der Waals surface area contributed by atoms with E-state index in [1.54, 1.807) is 0 Å². The molecule has 0 unspecified atom stereocenters. The van der Waals surface area contributed by atoms with E-state index in [4.69, 9.17) is 9.84 Å². The molecule has 0 heterocycles. The SMILES string of the molecule is O=C(O)c1ccc(OCCOCC(F)(F)F)c(F)c1. The van der Waals surface area contributed by atoms with Crippen LogP contribution in [-0.4, -0.2) is 37.1 Å². The second kappa shape index (κ2) is 6.37. The van der Waals surface area contributed by atoms with Gasteiger partial charge < -0.3 is 14.6 Å². The molecule has 0 aromatic heterocycles. The lowest BCUT2D eigenvalue weighted by molar-refractivity contribution is -0.175. The van der Waals surface area contributed by atoms with Gasteiger partial charge in [-0.1, -0.05) is 0 Å². The van der Waals surface area contributed by atoms with Gasteiger partial charge in [-0.05, 0) is 18.2 Å². The van der Waals surface area contributed by atoms with Crippen LogP contribution in [0.3, 0.4) is 0 Å². The van der Waals surface area contributed by atoms with Crippen LogP contribution in [0.25, 0.3) is 0 Å². The predicted molar refractivity (Wildman–Crippen MR) is 55.7 cm³/mol. The number of alkyl halides is 3. The fraction of sp³-hybridized carbons (Fsp3) is 0.364. The Morgan fingerprint density at radius 3 is 2.47 bits per heavy atom. The molecule has 106 valence electrons. The zero-order chi connectivity index (χ0) is 14.5. The van der Waals surface area contributed by atoms with Gasteiger partial charge in [-0.3, -0.25) is 0 Å². The molecule has 0 atom stereocenters. The van der Waals surface area contributed by atoms with E-state index < -0.39 is 24.6 Å². The van der Waals surface area contributed by atoms with Gasteiger partial charge in [-0.2, -0.15) is 13.2 Å². The first kappa shape index (κ1) is 15.2. The topological polar surface area (TPSA) is 55.8 Å². The van der Waals surface area contributed by atoms with Crippen molar-refractivity contribution in [2.24, 2.45) is 0 Å². The molecular weight excluding hydrogens is 272 g/mol. The maximum atomic E-state index is 13.3. The molecular formula is C11H10F4O4. The highest BCUT2D eigenvalue weighted by atomic mass is 19.4. The fourth-order valence-corrected chi connectivity index (χ4v) is 1.15. The third-order valence-corrected chi connectivity index (χ3v) is 1.93. The lowest BCUT2D eigenvalue weighted by Crippen LogP contribution is -2.19. The maximum absolute atomic E-state index is 13.3. The minimum Gasteiger partial charge on any atom is -0.488 e. The van der Waals surface area contributed by atoms with Gasteiger partial charge in [-0.15, -0.1) is 0 Å². The van der Waals surface area contributed by atoms with Crippen molar-refractivity contribution in [2.45, 2.75) is 6.18 Å². The Bertz CT molecular complexity index is 445. The molecule has 0 aliphatic rings. The lowest BCUT2D eigenvalue weighted by atomic mass is 10.2. The van der Waals surface area contributed by atoms with Gasteiger partial charge in [0, 0.05) is 0 Å². The summed E-state index contributed by atoms with van der Waals surface area (Å²) >= 11 is 0. The molecule has 1 aromatic rings. The Morgan fingerprint density at radius 2 is 1.95 bits per heavy atom. The Kier molecular flexibility index (Phi) is 5.11. The van der Waals surface area contributed by atoms with Crippen LogP contribution < -0.4 is 4.74 Å². The Labute approximate surface area is 105 Å². The monoisotopic (exact) mass is 282 g/mol. The molecule has 0 aliphatic carbocycles. The second-order valence-electron chi connectivity index (χ2n) is 3.47. The van der Waals surface area contributed by atoms with Gasteiger partial charge in [0.05, 0.1) is 12.2 Å². The van der Waals surface area contributed by atoms with Crippen molar-refractivity contribution in [1.82, 2.24) is 0 Å². The number of benzene rings is 1. The molecule has 0 fully saturated rings. The summed E-state index contributed by atoms with van der Waals surface area (Å²) in [7, 11) is 0. The zero-order valence-corrected chi connectivity index (χ0v) is 9.54. The summed E-state index contributed by atoms with van der Waals surface area (Å²) in [5.74, 6) is -2.45. The molecule has 0 aliphatic heterocycles. The van der Waals surface area contributed by atoms with E-state index >= 15 is 0 Å². The Morgan fingerprint density at radius 1 is 1.26 bits per heavy atom. The molecule has 0 bridgehead atoms. The second-order valence-corrected chi connectivity index (χ2v) is 3.47. The number of carbonyl (C=O) groups is 1. The normalized spacial score (nSPS) is 11.4. The predicted octanol–water partition coefficient (Wildman–Crippen LogP) is 2.48. The summed E-state index contributed by atoms with van der Waals surface area (Å²) in [6.45, 7) is -2.05. The van der Waals surface area contributed by atoms with E-state index in [1.807, 2.05) is 0 Å². The van der Waals surface area contributed by atoms with Crippen LogP contribution in [0.5, 0.6) is 5.75 Å². The molecule has 0 spiro atoms. The Balaban J connectivity index is 2.40. The number of hydrogen-bond donors (Lipinski definition) is 1. The molecule has 1 aromatic carbocycles. The third-order valence-electron chi connectivity index (χ3n) is 1.93. The summed E-state index contributed by atoms with van der Waals surface area (Å²) in [5, 5.41) is 8.59. The van der Waals surface area contributed by atoms with E-state index in [0.717, 1.165) is 18.2 Å². The minimum absolute atomic E-state index is 0.249. The van der Waals surface area contributed by atoms with E-state index in [1.165, 1.54) is 0 Å². The van der Waals surface area contributed by atoms with Gasteiger partial charge in [0.25, 0.3) is 0 Å². The van der Waals surface area contributed by atoms with E-state index in [0.29, 0.717) is 0 Å². The number of aromatic carboxylic acids is 1. The van der Waals surface area contributed by atoms with Crippen molar-refractivity contribution in [2.75, 3.05) is 19.8 Å². The molecule has 1 N–H and O–H groups in total. The van der Waals surface area contributed by atoms with Crippen molar-refractivity contribution in [1.29, 1.82) is 0 Å². The summed E-state index contributed by atoms with van der Waals surface area (Å²) in [4.78, 5) is 10.5. The van der Waals surface area contributed by atoms with Crippen molar-refractivity contribution < 1.29 is 36.9 Å². The molecule has 0 radical (unpaired) electrons. The minimum atomic E-state index is -4.42.